The van der Waals surface area contributed by atoms with Gasteiger partial charge in [0.05, 0.1) is 12.8 Å². The van der Waals surface area contributed by atoms with E-state index >= 15 is 0 Å². The number of carbonyl (C=O) groups excluding carboxylic acids is 1. The van der Waals surface area contributed by atoms with Crippen LogP contribution in [-0.2, 0) is 6.54 Å². The van der Waals surface area contributed by atoms with Crippen LogP contribution in [0.3, 0.4) is 0 Å². The molecule has 2 aromatic carbocycles. The van der Waals surface area contributed by atoms with Gasteiger partial charge in [-0.2, -0.15) is 0 Å². The third-order valence-electron chi connectivity index (χ3n) is 3.75. The zero-order valence-electron chi connectivity index (χ0n) is 15.4. The summed E-state index contributed by atoms with van der Waals surface area (Å²) < 4.78 is 45.3. The van der Waals surface area contributed by atoms with Crippen molar-refractivity contribution < 1.29 is 27.1 Å². The smallest absolute Gasteiger partial charge is 0.459 e. The number of halogens is 3. The van der Waals surface area contributed by atoms with E-state index in [1.165, 1.54) is 30.5 Å². The van der Waals surface area contributed by atoms with Crippen molar-refractivity contribution in [1.29, 1.82) is 0 Å². The first kappa shape index (κ1) is 20.8. The number of alkyl halides is 3. The van der Waals surface area contributed by atoms with E-state index in [1.54, 1.807) is 36.4 Å². The van der Waals surface area contributed by atoms with E-state index in [0.717, 1.165) is 5.56 Å². The minimum Gasteiger partial charge on any atom is -0.459 e. The van der Waals surface area contributed by atoms with Crippen LogP contribution in [0, 0.1) is 0 Å². The molecular weight excluding hydrogens is 401 g/mol. The van der Waals surface area contributed by atoms with Crippen LogP contribution in [0.1, 0.15) is 16.1 Å². The van der Waals surface area contributed by atoms with Gasteiger partial charge >= 0.3 is 6.36 Å². The topological polar surface area (TPSA) is 102 Å². The van der Waals surface area contributed by atoms with Crippen LogP contribution in [0.25, 0.3) is 0 Å². The Morgan fingerprint density at radius 2 is 1.63 bits per heavy atom. The van der Waals surface area contributed by atoms with Crippen molar-refractivity contribution in [3.05, 3.63) is 78.3 Å². The lowest BCUT2D eigenvalue weighted by Crippen LogP contribution is -2.22. The highest BCUT2D eigenvalue weighted by atomic mass is 19.4. The van der Waals surface area contributed by atoms with Crippen molar-refractivity contribution in [2.24, 2.45) is 10.7 Å². The molecule has 0 unspecified atom stereocenters. The highest BCUT2D eigenvalue weighted by Gasteiger charge is 2.30. The Morgan fingerprint density at radius 3 is 2.23 bits per heavy atom. The molecule has 10 heteroatoms. The van der Waals surface area contributed by atoms with Gasteiger partial charge in [-0.1, -0.05) is 12.1 Å². The largest absolute Gasteiger partial charge is 0.573 e. The van der Waals surface area contributed by atoms with Gasteiger partial charge in [0.1, 0.15) is 5.75 Å². The minimum absolute atomic E-state index is 0.0923. The Morgan fingerprint density at radius 1 is 1.00 bits per heavy atom. The number of rotatable bonds is 6. The maximum atomic E-state index is 12.2. The number of nitrogens with zero attached hydrogens (tertiary/aromatic N) is 1. The van der Waals surface area contributed by atoms with E-state index in [2.05, 4.69) is 20.4 Å². The lowest BCUT2D eigenvalue weighted by atomic mass is 10.2. The number of amides is 1. The fourth-order valence-corrected chi connectivity index (χ4v) is 2.40. The van der Waals surface area contributed by atoms with E-state index in [-0.39, 0.29) is 29.9 Å². The van der Waals surface area contributed by atoms with Crippen LogP contribution < -0.4 is 21.1 Å². The zero-order chi connectivity index (χ0) is 21.6. The molecule has 1 amide bonds. The number of furan rings is 1. The molecule has 0 radical (unpaired) electrons. The molecule has 0 spiro atoms. The number of ether oxygens (including phenoxy) is 1. The minimum atomic E-state index is -4.74. The van der Waals surface area contributed by atoms with E-state index in [9.17, 15) is 18.0 Å². The number of guanidine groups is 1. The van der Waals surface area contributed by atoms with Gasteiger partial charge in [-0.25, -0.2) is 4.99 Å². The summed E-state index contributed by atoms with van der Waals surface area (Å²) in [7, 11) is 0. The van der Waals surface area contributed by atoms with Gasteiger partial charge in [0.15, 0.2) is 11.7 Å². The molecular formula is C20H17F3N4O3. The summed E-state index contributed by atoms with van der Waals surface area (Å²) in [6, 6.07) is 15.3. The number of benzene rings is 2. The molecule has 0 aliphatic carbocycles. The average molecular weight is 418 g/mol. The van der Waals surface area contributed by atoms with Crippen molar-refractivity contribution in [3.8, 4) is 5.75 Å². The van der Waals surface area contributed by atoms with Crippen LogP contribution in [0.5, 0.6) is 5.75 Å². The SMILES string of the molecule is NC(=NCc1ccc(NC(=O)c2ccco2)cc1)Nc1ccc(OC(F)(F)F)cc1. The summed E-state index contributed by atoms with van der Waals surface area (Å²) in [5.41, 5.74) is 7.70. The first-order valence-corrected chi connectivity index (χ1v) is 8.65. The Kier molecular flexibility index (Phi) is 6.26. The molecule has 0 bridgehead atoms. The molecule has 0 aliphatic heterocycles. The van der Waals surface area contributed by atoms with Crippen molar-refractivity contribution in [3.63, 3.8) is 0 Å². The Hall–Kier alpha value is -3.95. The van der Waals surface area contributed by atoms with Crippen LogP contribution >= 0.6 is 0 Å². The molecule has 0 fully saturated rings. The summed E-state index contributed by atoms with van der Waals surface area (Å²) in [5.74, 6) is -0.385. The number of nitrogens with two attached hydrogens (primary N) is 1. The molecule has 4 N–H and O–H groups in total. The van der Waals surface area contributed by atoms with Crippen LogP contribution in [-0.4, -0.2) is 18.2 Å². The first-order valence-electron chi connectivity index (χ1n) is 8.65. The van der Waals surface area contributed by atoms with Crippen molar-refractivity contribution in [1.82, 2.24) is 0 Å². The Labute approximate surface area is 169 Å². The summed E-state index contributed by atoms with van der Waals surface area (Å²) in [4.78, 5) is 16.1. The van der Waals surface area contributed by atoms with Gasteiger partial charge < -0.3 is 25.5 Å². The number of hydrogen-bond donors (Lipinski definition) is 3. The second-order valence-electron chi connectivity index (χ2n) is 6.03. The maximum Gasteiger partial charge on any atom is 0.573 e. The highest BCUT2D eigenvalue weighted by molar-refractivity contribution is 6.02. The van der Waals surface area contributed by atoms with Crippen LogP contribution in [0.2, 0.25) is 0 Å². The van der Waals surface area contributed by atoms with E-state index in [0.29, 0.717) is 11.4 Å². The maximum absolute atomic E-state index is 12.2. The number of anilines is 2. The van der Waals surface area contributed by atoms with Crippen molar-refractivity contribution in [2.75, 3.05) is 10.6 Å². The fourth-order valence-electron chi connectivity index (χ4n) is 2.40. The zero-order valence-corrected chi connectivity index (χ0v) is 15.4. The monoisotopic (exact) mass is 418 g/mol. The molecule has 0 atom stereocenters. The third kappa shape index (κ3) is 6.30. The van der Waals surface area contributed by atoms with E-state index < -0.39 is 6.36 Å². The molecule has 156 valence electrons. The third-order valence-corrected chi connectivity index (χ3v) is 3.75. The molecule has 0 saturated heterocycles. The normalized spacial score (nSPS) is 11.8. The van der Waals surface area contributed by atoms with E-state index in [4.69, 9.17) is 10.2 Å². The number of aliphatic imine (C=N–C) groups is 1. The quantitative estimate of drug-likeness (QED) is 0.408. The number of hydrogen-bond acceptors (Lipinski definition) is 4. The van der Waals surface area contributed by atoms with Crippen LogP contribution in [0.15, 0.2) is 76.3 Å². The molecule has 0 saturated carbocycles. The van der Waals surface area contributed by atoms with E-state index in [1.807, 2.05) is 0 Å². The summed E-state index contributed by atoms with van der Waals surface area (Å²) in [5, 5.41) is 5.48. The number of nitrogens with one attached hydrogen (secondary N) is 2. The Bertz CT molecular complexity index is 999. The molecule has 1 aromatic heterocycles. The second-order valence-corrected chi connectivity index (χ2v) is 6.03. The lowest BCUT2D eigenvalue weighted by Gasteiger charge is -2.10. The predicted octanol–water partition coefficient (Wildman–Crippen LogP) is 4.36. The predicted molar refractivity (Wildman–Crippen MR) is 105 cm³/mol. The second kappa shape index (κ2) is 9.03. The van der Waals surface area contributed by atoms with Gasteiger partial charge in [0.25, 0.3) is 5.91 Å². The summed E-state index contributed by atoms with van der Waals surface area (Å²) in [6.07, 6.45) is -3.33. The van der Waals surface area contributed by atoms with Crippen molar-refractivity contribution in [2.45, 2.75) is 12.9 Å². The molecule has 0 aliphatic rings. The van der Waals surface area contributed by atoms with Crippen molar-refractivity contribution >= 4 is 23.2 Å². The molecule has 30 heavy (non-hydrogen) atoms. The van der Waals surface area contributed by atoms with Crippen LogP contribution in [0.4, 0.5) is 24.5 Å². The summed E-state index contributed by atoms with van der Waals surface area (Å²) in [6.45, 7) is 0.264. The molecule has 1 heterocycles. The fraction of sp³-hybridized carbons (Fsp3) is 0.100. The molecule has 3 rings (SSSR count). The number of carbonyl (C=O) groups is 1. The first-order chi connectivity index (χ1) is 14.3. The molecule has 3 aromatic rings. The summed E-state index contributed by atoms with van der Waals surface area (Å²) >= 11 is 0. The van der Waals surface area contributed by atoms with Gasteiger partial charge in [0.2, 0.25) is 0 Å². The molecule has 7 nitrogen and oxygen atoms in total. The lowest BCUT2D eigenvalue weighted by molar-refractivity contribution is -0.274. The Balaban J connectivity index is 1.52. The average Bonchev–Trinajstić information content (AvgIpc) is 3.23. The van der Waals surface area contributed by atoms with Gasteiger partial charge in [0, 0.05) is 11.4 Å². The highest BCUT2D eigenvalue weighted by Crippen LogP contribution is 2.23. The van der Waals surface area contributed by atoms with Gasteiger partial charge in [-0.3, -0.25) is 4.79 Å². The van der Waals surface area contributed by atoms with Gasteiger partial charge in [-0.05, 0) is 54.1 Å². The standard InChI is InChI=1S/C20H17F3N4O3/c21-20(22,23)30-16-9-7-15(8-10-16)27-19(24)25-12-13-3-5-14(6-4-13)26-18(28)17-2-1-11-29-17/h1-11H,12H2,(H,26,28)(H3,24,25,27). The van der Waals surface area contributed by atoms with Gasteiger partial charge in [-0.15, -0.1) is 13.2 Å².